The molecule has 4 saturated carbocycles. The van der Waals surface area contributed by atoms with Crippen LogP contribution in [0.1, 0.15) is 55.2 Å². The Hall–Kier alpha value is -2.15. The molecule has 9 rings (SSSR count). The molecular formula is C32H39FNO4+. The van der Waals surface area contributed by atoms with E-state index in [2.05, 4.69) is 13.1 Å². The van der Waals surface area contributed by atoms with Gasteiger partial charge >= 0.3 is 0 Å². The highest BCUT2D eigenvalue weighted by atomic mass is 19.1. The number of quaternary nitrogens is 1. The summed E-state index contributed by atoms with van der Waals surface area (Å²) in [6.45, 7) is 3.22. The lowest BCUT2D eigenvalue weighted by Gasteiger charge is -2.74. The van der Waals surface area contributed by atoms with Crippen molar-refractivity contribution in [3.63, 3.8) is 0 Å². The van der Waals surface area contributed by atoms with E-state index >= 15 is 0 Å². The van der Waals surface area contributed by atoms with Gasteiger partial charge in [-0.3, -0.25) is 0 Å². The van der Waals surface area contributed by atoms with Crippen LogP contribution in [-0.4, -0.2) is 61.2 Å². The Kier molecular flexibility index (Phi) is 4.83. The average Bonchev–Trinajstić information content (AvgIpc) is 3.64. The Labute approximate surface area is 224 Å². The van der Waals surface area contributed by atoms with Crippen molar-refractivity contribution < 1.29 is 28.2 Å². The number of halogens is 1. The van der Waals surface area contributed by atoms with Crippen LogP contribution in [0.25, 0.3) is 0 Å². The van der Waals surface area contributed by atoms with Gasteiger partial charge in [-0.15, -0.1) is 0 Å². The van der Waals surface area contributed by atoms with Crippen LogP contribution < -0.4 is 4.74 Å². The third-order valence-electron chi connectivity index (χ3n) is 12.1. The van der Waals surface area contributed by atoms with Crippen molar-refractivity contribution in [2.75, 3.05) is 33.9 Å². The zero-order valence-electron chi connectivity index (χ0n) is 22.5. The van der Waals surface area contributed by atoms with Crippen LogP contribution in [0, 0.1) is 23.1 Å². The summed E-state index contributed by atoms with van der Waals surface area (Å²) in [6, 6.07) is 11.4. The molecule has 38 heavy (non-hydrogen) atoms. The van der Waals surface area contributed by atoms with Crippen molar-refractivity contribution in [1.29, 1.82) is 0 Å². The highest BCUT2D eigenvalue weighted by molar-refractivity contribution is 5.62. The summed E-state index contributed by atoms with van der Waals surface area (Å²) in [5.74, 6) is 1.77. The van der Waals surface area contributed by atoms with Gasteiger partial charge in [0.05, 0.1) is 44.8 Å². The number of likely N-dealkylation sites (N-methyl/N-ethyl adjacent to an activating group) is 1. The molecule has 2 aromatic rings. The third kappa shape index (κ3) is 2.77. The third-order valence-corrected chi connectivity index (χ3v) is 12.1. The maximum atomic E-state index is 14.3. The first-order chi connectivity index (χ1) is 18.4. The molecule has 4 bridgehead atoms. The fraction of sp³-hybridized carbons (Fsp3) is 0.625. The largest absolute Gasteiger partial charge is 0.504 e. The second kappa shape index (κ2) is 7.74. The molecule has 0 aromatic heterocycles. The highest BCUT2D eigenvalue weighted by Crippen LogP contribution is 2.77. The van der Waals surface area contributed by atoms with E-state index in [1.165, 1.54) is 36.6 Å². The van der Waals surface area contributed by atoms with E-state index in [-0.39, 0.29) is 41.0 Å². The lowest BCUT2D eigenvalue weighted by Crippen LogP contribution is -2.83. The van der Waals surface area contributed by atoms with E-state index < -0.39 is 5.60 Å². The van der Waals surface area contributed by atoms with E-state index in [0.29, 0.717) is 24.0 Å². The van der Waals surface area contributed by atoms with E-state index in [0.717, 1.165) is 49.0 Å². The fourth-order valence-corrected chi connectivity index (χ4v) is 10.4. The van der Waals surface area contributed by atoms with E-state index in [1.807, 2.05) is 19.2 Å². The van der Waals surface area contributed by atoms with Crippen molar-refractivity contribution in [2.24, 2.45) is 17.3 Å². The van der Waals surface area contributed by atoms with E-state index in [4.69, 9.17) is 14.2 Å². The molecule has 2 spiro atoms. The molecule has 5 fully saturated rings. The van der Waals surface area contributed by atoms with Gasteiger partial charge in [-0.05, 0) is 49.8 Å². The van der Waals surface area contributed by atoms with Crippen molar-refractivity contribution in [2.45, 2.75) is 74.7 Å². The smallest absolute Gasteiger partial charge is 0.165 e. The summed E-state index contributed by atoms with van der Waals surface area (Å²) in [7, 11) is 4.36. The minimum absolute atomic E-state index is 0.0813. The van der Waals surface area contributed by atoms with Gasteiger partial charge in [-0.2, -0.15) is 0 Å². The van der Waals surface area contributed by atoms with E-state index in [1.54, 1.807) is 12.1 Å². The number of aromatic hydroxyl groups is 1. The highest BCUT2D eigenvalue weighted by Gasteiger charge is 2.83. The molecule has 7 aliphatic rings. The summed E-state index contributed by atoms with van der Waals surface area (Å²) in [4.78, 5) is 0. The molecule has 1 saturated heterocycles. The van der Waals surface area contributed by atoms with Crippen LogP contribution in [0.15, 0.2) is 36.4 Å². The standard InChI is InChI=1S/C32H38FNO4/c1-34(17-20-7-8-20)14-13-31-27-21-9-10-25(35)28(27)38-29(31)32(36-2)12-11-30(31,26(34)15-21)16-23(32)19-37-18-22-5-3-4-6-24(22)33/h3-6,9-10,20,23,26,29H,7-8,11-19H2,1-2H3/p+1/t23-,26-,29-,30-,31+,32-,34?/m1/s1. The van der Waals surface area contributed by atoms with Crippen LogP contribution in [0.4, 0.5) is 4.39 Å². The number of methoxy groups -OCH3 is 1. The number of hydrogen-bond donors (Lipinski definition) is 1. The molecule has 2 aliphatic heterocycles. The number of phenolic OH excluding ortho intramolecular Hbond substituents is 1. The zero-order chi connectivity index (χ0) is 25.9. The van der Waals surface area contributed by atoms with Gasteiger partial charge in [0.1, 0.15) is 17.5 Å². The summed E-state index contributed by atoms with van der Waals surface area (Å²) in [5, 5.41) is 11.0. The van der Waals surface area contributed by atoms with Gasteiger partial charge < -0.3 is 23.8 Å². The Morgan fingerprint density at radius 1 is 1.13 bits per heavy atom. The predicted octanol–water partition coefficient (Wildman–Crippen LogP) is 5.12. The second-order valence-corrected chi connectivity index (χ2v) is 13.5. The van der Waals surface area contributed by atoms with Crippen molar-refractivity contribution in [3.8, 4) is 11.5 Å². The van der Waals surface area contributed by atoms with Crippen molar-refractivity contribution in [3.05, 3.63) is 58.9 Å². The summed E-state index contributed by atoms with van der Waals surface area (Å²) in [6.07, 6.45) is 7.84. The Morgan fingerprint density at radius 2 is 1.97 bits per heavy atom. The first-order valence-electron chi connectivity index (χ1n) is 14.6. The number of nitrogens with zero attached hydrogens (tertiary/aromatic N) is 1. The summed E-state index contributed by atoms with van der Waals surface area (Å²) in [5.41, 5.74) is 2.73. The number of benzene rings is 2. The van der Waals surface area contributed by atoms with Gasteiger partial charge in [0, 0.05) is 48.3 Å². The molecule has 1 unspecified atom stereocenters. The van der Waals surface area contributed by atoms with Gasteiger partial charge in [0.15, 0.2) is 11.5 Å². The predicted molar refractivity (Wildman–Crippen MR) is 141 cm³/mol. The minimum Gasteiger partial charge on any atom is -0.504 e. The molecule has 0 radical (unpaired) electrons. The number of fused-ring (bicyclic) bond motifs is 2. The van der Waals surface area contributed by atoms with Crippen LogP contribution in [0.5, 0.6) is 11.5 Å². The molecule has 6 heteroatoms. The first kappa shape index (κ1) is 23.7. The second-order valence-electron chi connectivity index (χ2n) is 13.5. The van der Waals surface area contributed by atoms with Crippen LogP contribution in [0.3, 0.4) is 0 Å². The quantitative estimate of drug-likeness (QED) is 0.515. The number of rotatable bonds is 7. The maximum Gasteiger partial charge on any atom is 0.165 e. The zero-order valence-corrected chi connectivity index (χ0v) is 22.5. The van der Waals surface area contributed by atoms with Crippen molar-refractivity contribution in [1.82, 2.24) is 0 Å². The summed E-state index contributed by atoms with van der Waals surface area (Å²) < 4.78 is 35.2. The van der Waals surface area contributed by atoms with Crippen molar-refractivity contribution >= 4 is 0 Å². The molecular weight excluding hydrogens is 481 g/mol. The first-order valence-corrected chi connectivity index (χ1v) is 14.6. The molecule has 5 nitrogen and oxygen atoms in total. The lowest BCUT2D eigenvalue weighted by atomic mass is 9.34. The number of hydrogen-bond acceptors (Lipinski definition) is 4. The average molecular weight is 521 g/mol. The number of piperidine rings is 1. The van der Waals surface area contributed by atoms with Gasteiger partial charge in [0.25, 0.3) is 0 Å². The molecule has 7 atom stereocenters. The topological polar surface area (TPSA) is 47.9 Å². The molecule has 1 N–H and O–H groups in total. The molecule has 202 valence electrons. The van der Waals surface area contributed by atoms with Crippen LogP contribution in [0.2, 0.25) is 0 Å². The molecule has 2 heterocycles. The molecule has 5 aliphatic carbocycles. The summed E-state index contributed by atoms with van der Waals surface area (Å²) >= 11 is 0. The minimum atomic E-state index is -0.487. The SMILES string of the molecule is CO[C@]12CC[C@@]3(C[C@@H]1COCc1ccccc1F)[C@H]1Cc4ccc(O)c5c4[C@@]3(CC[N+]1(C)CC1CC1)[C@H]2O5. The maximum absolute atomic E-state index is 14.3. The molecule has 0 amide bonds. The van der Waals surface area contributed by atoms with Crippen LogP contribution in [-0.2, 0) is 27.9 Å². The normalized spacial score (nSPS) is 41.6. The monoisotopic (exact) mass is 520 g/mol. The van der Waals surface area contributed by atoms with Gasteiger partial charge in [-0.1, -0.05) is 24.3 Å². The van der Waals surface area contributed by atoms with Crippen LogP contribution >= 0.6 is 0 Å². The Bertz CT molecular complexity index is 1310. The van der Waals surface area contributed by atoms with Gasteiger partial charge in [0.2, 0.25) is 0 Å². The van der Waals surface area contributed by atoms with Gasteiger partial charge in [-0.25, -0.2) is 4.39 Å². The number of ether oxygens (including phenoxy) is 3. The number of likely N-dealkylation sites (tertiary alicyclic amines) is 1. The fourth-order valence-electron chi connectivity index (χ4n) is 10.4. The Morgan fingerprint density at radius 3 is 2.76 bits per heavy atom. The molecule has 2 aromatic carbocycles. The Balaban J connectivity index is 1.23. The lowest BCUT2D eigenvalue weighted by molar-refractivity contribution is -0.952. The van der Waals surface area contributed by atoms with E-state index in [9.17, 15) is 9.50 Å². The number of phenols is 1.